The normalized spacial score (nSPS) is 10.7. The molecule has 2 aromatic rings. The van der Waals surface area contributed by atoms with Gasteiger partial charge in [-0.15, -0.1) is 11.3 Å². The van der Waals surface area contributed by atoms with Crippen molar-refractivity contribution < 1.29 is 9.13 Å². The molecule has 1 aromatic heterocycles. The average molecular weight is 280 g/mol. The fraction of sp³-hybridized carbons (Fsp3) is 0.357. The third kappa shape index (κ3) is 4.01. The first-order chi connectivity index (χ1) is 9.19. The van der Waals surface area contributed by atoms with Crippen molar-refractivity contribution in [3.8, 4) is 5.75 Å². The van der Waals surface area contributed by atoms with Crippen molar-refractivity contribution in [2.45, 2.75) is 19.9 Å². The largest absolute Gasteiger partial charge is 0.497 e. The Kier molecular flexibility index (Phi) is 4.87. The van der Waals surface area contributed by atoms with Gasteiger partial charge in [-0.05, 0) is 13.0 Å². The zero-order valence-electron chi connectivity index (χ0n) is 11.1. The van der Waals surface area contributed by atoms with Crippen LogP contribution < -0.4 is 10.1 Å². The highest BCUT2D eigenvalue weighted by Gasteiger charge is 2.04. The molecule has 0 radical (unpaired) electrons. The number of thiazole rings is 1. The molecule has 1 heterocycles. The van der Waals surface area contributed by atoms with E-state index in [2.05, 4.69) is 15.7 Å². The Morgan fingerprint density at radius 1 is 1.42 bits per heavy atom. The Hall–Kier alpha value is -1.46. The summed E-state index contributed by atoms with van der Waals surface area (Å²) in [6, 6.07) is 4.92. The van der Waals surface area contributed by atoms with Crippen molar-refractivity contribution >= 4 is 11.3 Å². The summed E-state index contributed by atoms with van der Waals surface area (Å²) in [6.45, 7) is 3.29. The molecule has 0 aliphatic heterocycles. The van der Waals surface area contributed by atoms with Crippen LogP contribution in [0.5, 0.6) is 5.75 Å². The van der Waals surface area contributed by atoms with E-state index in [1.165, 1.54) is 13.2 Å². The molecular weight excluding hydrogens is 263 g/mol. The molecule has 1 aromatic carbocycles. The molecule has 0 aliphatic rings. The van der Waals surface area contributed by atoms with Crippen LogP contribution >= 0.6 is 11.3 Å². The molecule has 0 unspecified atom stereocenters. The lowest BCUT2D eigenvalue weighted by atomic mass is 10.2. The Morgan fingerprint density at radius 2 is 2.26 bits per heavy atom. The molecule has 2 rings (SSSR count). The summed E-state index contributed by atoms with van der Waals surface area (Å²) < 4.78 is 18.6. The fourth-order valence-electron chi connectivity index (χ4n) is 1.76. The Balaban J connectivity index is 1.79. The summed E-state index contributed by atoms with van der Waals surface area (Å²) in [7, 11) is 1.53. The zero-order valence-corrected chi connectivity index (χ0v) is 11.9. The van der Waals surface area contributed by atoms with Crippen molar-refractivity contribution in [1.29, 1.82) is 0 Å². The van der Waals surface area contributed by atoms with Gasteiger partial charge in [0.1, 0.15) is 11.6 Å². The number of halogens is 1. The number of methoxy groups -OCH3 is 1. The molecule has 1 N–H and O–H groups in total. The van der Waals surface area contributed by atoms with Crippen LogP contribution in [0.25, 0.3) is 0 Å². The summed E-state index contributed by atoms with van der Waals surface area (Å²) in [5.41, 5.74) is 1.74. The van der Waals surface area contributed by atoms with Gasteiger partial charge >= 0.3 is 0 Å². The number of aryl methyl sites for hydroxylation is 1. The van der Waals surface area contributed by atoms with E-state index in [1.807, 2.05) is 6.92 Å². The van der Waals surface area contributed by atoms with E-state index in [1.54, 1.807) is 23.5 Å². The van der Waals surface area contributed by atoms with Crippen molar-refractivity contribution in [3.63, 3.8) is 0 Å². The number of benzene rings is 1. The van der Waals surface area contributed by atoms with E-state index < -0.39 is 0 Å². The monoisotopic (exact) mass is 280 g/mol. The molecule has 0 bridgehead atoms. The number of rotatable bonds is 6. The number of hydrogen-bond acceptors (Lipinski definition) is 4. The SMILES string of the molecule is COc1ccc(CNCCc2csc(C)n2)c(F)c1. The fourth-order valence-corrected chi connectivity index (χ4v) is 2.41. The van der Waals surface area contributed by atoms with Gasteiger partial charge in [0.2, 0.25) is 0 Å². The van der Waals surface area contributed by atoms with Crippen LogP contribution in [0, 0.1) is 12.7 Å². The molecular formula is C14H17FN2OS. The molecule has 19 heavy (non-hydrogen) atoms. The van der Waals surface area contributed by atoms with E-state index in [0.717, 1.165) is 23.7 Å². The minimum Gasteiger partial charge on any atom is -0.497 e. The Bertz CT molecular complexity index is 542. The summed E-state index contributed by atoms with van der Waals surface area (Å²) in [5.74, 6) is 0.301. The number of aromatic nitrogens is 1. The van der Waals surface area contributed by atoms with Crippen molar-refractivity contribution in [2.75, 3.05) is 13.7 Å². The second-order valence-electron chi connectivity index (χ2n) is 4.24. The lowest BCUT2D eigenvalue weighted by Crippen LogP contribution is -2.17. The maximum Gasteiger partial charge on any atom is 0.131 e. The van der Waals surface area contributed by atoms with Crippen LogP contribution in [0.2, 0.25) is 0 Å². The topological polar surface area (TPSA) is 34.1 Å². The highest BCUT2D eigenvalue weighted by atomic mass is 32.1. The predicted octanol–water partition coefficient (Wildman–Crippen LogP) is 2.93. The van der Waals surface area contributed by atoms with Crippen molar-refractivity contribution in [3.05, 3.63) is 45.7 Å². The van der Waals surface area contributed by atoms with Gasteiger partial charge < -0.3 is 10.1 Å². The summed E-state index contributed by atoms with van der Waals surface area (Å²) in [6.07, 6.45) is 0.863. The van der Waals surface area contributed by atoms with Crippen LogP contribution in [0.3, 0.4) is 0 Å². The maximum atomic E-state index is 13.7. The first kappa shape index (κ1) is 14.0. The van der Waals surface area contributed by atoms with Crippen molar-refractivity contribution in [2.24, 2.45) is 0 Å². The average Bonchev–Trinajstić information content (AvgIpc) is 2.82. The number of hydrogen-bond donors (Lipinski definition) is 1. The quantitative estimate of drug-likeness (QED) is 0.826. The van der Waals surface area contributed by atoms with Gasteiger partial charge in [-0.25, -0.2) is 9.37 Å². The van der Waals surface area contributed by atoms with Crippen LogP contribution in [0.15, 0.2) is 23.6 Å². The van der Waals surface area contributed by atoms with Crippen LogP contribution in [-0.2, 0) is 13.0 Å². The van der Waals surface area contributed by atoms with E-state index in [9.17, 15) is 4.39 Å². The molecule has 0 saturated carbocycles. The third-order valence-electron chi connectivity index (χ3n) is 2.80. The molecule has 0 atom stereocenters. The van der Waals surface area contributed by atoms with Gasteiger partial charge in [0.15, 0.2) is 0 Å². The minimum atomic E-state index is -0.239. The molecule has 0 spiro atoms. The van der Waals surface area contributed by atoms with E-state index in [4.69, 9.17) is 4.74 Å². The maximum absolute atomic E-state index is 13.7. The van der Waals surface area contributed by atoms with Gasteiger partial charge in [0.05, 0.1) is 17.8 Å². The highest BCUT2D eigenvalue weighted by Crippen LogP contribution is 2.16. The van der Waals surface area contributed by atoms with E-state index >= 15 is 0 Å². The molecule has 3 nitrogen and oxygen atoms in total. The lowest BCUT2D eigenvalue weighted by Gasteiger charge is -2.07. The lowest BCUT2D eigenvalue weighted by molar-refractivity contribution is 0.410. The third-order valence-corrected chi connectivity index (χ3v) is 3.62. The zero-order chi connectivity index (χ0) is 13.7. The van der Waals surface area contributed by atoms with E-state index in [-0.39, 0.29) is 5.82 Å². The Morgan fingerprint density at radius 3 is 2.89 bits per heavy atom. The molecule has 0 fully saturated rings. The second kappa shape index (κ2) is 6.63. The van der Waals surface area contributed by atoms with Crippen LogP contribution in [0.4, 0.5) is 4.39 Å². The highest BCUT2D eigenvalue weighted by molar-refractivity contribution is 7.09. The van der Waals surface area contributed by atoms with Gasteiger partial charge in [-0.1, -0.05) is 6.07 Å². The van der Waals surface area contributed by atoms with Gasteiger partial charge in [0.25, 0.3) is 0 Å². The van der Waals surface area contributed by atoms with Crippen molar-refractivity contribution in [1.82, 2.24) is 10.3 Å². The molecule has 0 amide bonds. The summed E-state index contributed by atoms with van der Waals surface area (Å²) >= 11 is 1.65. The van der Waals surface area contributed by atoms with Crippen LogP contribution in [0.1, 0.15) is 16.3 Å². The molecule has 0 aliphatic carbocycles. The van der Waals surface area contributed by atoms with Gasteiger partial charge in [-0.2, -0.15) is 0 Å². The number of nitrogens with zero attached hydrogens (tertiary/aromatic N) is 1. The van der Waals surface area contributed by atoms with E-state index in [0.29, 0.717) is 17.9 Å². The summed E-state index contributed by atoms with van der Waals surface area (Å²) in [5, 5.41) is 6.36. The summed E-state index contributed by atoms with van der Waals surface area (Å²) in [4.78, 5) is 4.38. The predicted molar refractivity (Wildman–Crippen MR) is 75.2 cm³/mol. The standard InChI is InChI=1S/C14H17FN2OS/c1-10-17-12(9-19-10)5-6-16-8-11-3-4-13(18-2)7-14(11)15/h3-4,7,9,16H,5-6,8H2,1-2H3. The van der Waals surface area contributed by atoms with Crippen LogP contribution in [-0.4, -0.2) is 18.6 Å². The number of ether oxygens (including phenoxy) is 1. The molecule has 0 saturated heterocycles. The smallest absolute Gasteiger partial charge is 0.131 e. The molecule has 5 heteroatoms. The van der Waals surface area contributed by atoms with Gasteiger partial charge in [0, 0.05) is 36.5 Å². The second-order valence-corrected chi connectivity index (χ2v) is 5.30. The van der Waals surface area contributed by atoms with Gasteiger partial charge in [-0.3, -0.25) is 0 Å². The first-order valence-corrected chi connectivity index (χ1v) is 7.01. The molecule has 102 valence electrons. The minimum absolute atomic E-state index is 0.239. The Labute approximate surface area is 116 Å². The first-order valence-electron chi connectivity index (χ1n) is 6.13. The number of nitrogens with one attached hydrogen (secondary N) is 1.